The van der Waals surface area contributed by atoms with Crippen LogP contribution >= 0.6 is 0 Å². The van der Waals surface area contributed by atoms with Gasteiger partial charge in [0.25, 0.3) is 5.91 Å². The molecule has 5 heteroatoms. The van der Waals surface area contributed by atoms with Crippen LogP contribution in [0.5, 0.6) is 0 Å². The van der Waals surface area contributed by atoms with Gasteiger partial charge in [-0.1, -0.05) is 90.3 Å². The maximum absolute atomic E-state index is 13.0. The van der Waals surface area contributed by atoms with E-state index in [9.17, 15) is 14.7 Å². The molecule has 0 saturated heterocycles. The van der Waals surface area contributed by atoms with E-state index in [-0.39, 0.29) is 5.91 Å². The molecule has 0 fully saturated rings. The number of hydrogen-bond donors (Lipinski definition) is 2. The summed E-state index contributed by atoms with van der Waals surface area (Å²) in [5.41, 5.74) is 1.91. The number of hydrogen-bond acceptors (Lipinski definition) is 3. The van der Waals surface area contributed by atoms with E-state index >= 15 is 0 Å². The van der Waals surface area contributed by atoms with Gasteiger partial charge in [-0.25, -0.2) is 5.01 Å². The maximum Gasteiger partial charge on any atom is 0.270 e. The van der Waals surface area contributed by atoms with E-state index in [1.54, 1.807) is 12.1 Å². The molecule has 5 nitrogen and oxygen atoms in total. The topological polar surface area (TPSA) is 69.6 Å². The Morgan fingerprint density at radius 3 is 1.97 bits per heavy atom. The van der Waals surface area contributed by atoms with Crippen LogP contribution in [0.15, 0.2) is 30.3 Å². The number of nitrogens with zero attached hydrogens (tertiary/aromatic N) is 1. The smallest absolute Gasteiger partial charge is 0.270 e. The number of hydrazine groups is 1. The quantitative estimate of drug-likeness (QED) is 0.317. The Balaban J connectivity index is 2.89. The number of nitrogens with one attached hydrogen (secondary N) is 1. The van der Waals surface area contributed by atoms with Gasteiger partial charge in [-0.15, -0.1) is 0 Å². The fourth-order valence-electron chi connectivity index (χ4n) is 3.34. The summed E-state index contributed by atoms with van der Waals surface area (Å²) in [7, 11) is 0. The Bertz CT molecular complexity index is 581. The molecule has 0 aromatic heterocycles. The van der Waals surface area contributed by atoms with Crippen LogP contribution in [-0.2, 0) is 9.59 Å². The molecule has 1 rings (SSSR count). The highest BCUT2D eigenvalue weighted by atomic mass is 16.3. The fourth-order valence-corrected chi connectivity index (χ4v) is 3.34. The molecule has 29 heavy (non-hydrogen) atoms. The number of amides is 2. The van der Waals surface area contributed by atoms with Gasteiger partial charge in [0, 0.05) is 6.42 Å². The molecule has 2 N–H and O–H groups in total. The lowest BCUT2D eigenvalue weighted by Gasteiger charge is -2.31. The number of para-hydroxylation sites is 1. The molecule has 0 atom stereocenters. The molecule has 0 bridgehead atoms. The predicted octanol–water partition coefficient (Wildman–Crippen LogP) is 5.52. The molecule has 2 amide bonds. The second-order valence-electron chi connectivity index (χ2n) is 7.91. The van der Waals surface area contributed by atoms with E-state index in [2.05, 4.69) is 12.3 Å². The first-order valence-electron chi connectivity index (χ1n) is 11.4. The molecule has 0 aliphatic heterocycles. The number of carbonyl (C=O) groups is 2. The summed E-state index contributed by atoms with van der Waals surface area (Å²) in [6.07, 6.45) is 9.80. The zero-order valence-corrected chi connectivity index (χ0v) is 18.6. The molecule has 0 heterocycles. The number of aliphatic hydroxyl groups is 1. The van der Waals surface area contributed by atoms with Gasteiger partial charge in [-0.2, -0.15) is 0 Å². The number of benzene rings is 1. The fraction of sp³-hybridized carbons (Fsp3) is 0.667. The predicted molar refractivity (Wildman–Crippen MR) is 119 cm³/mol. The van der Waals surface area contributed by atoms with E-state index in [1.165, 1.54) is 11.4 Å². The molecule has 1 aromatic rings. The molecule has 0 unspecified atom stereocenters. The van der Waals surface area contributed by atoms with Gasteiger partial charge in [-0.05, 0) is 31.4 Å². The first-order chi connectivity index (χ1) is 14.0. The Hall–Kier alpha value is -1.88. The van der Waals surface area contributed by atoms with Crippen molar-refractivity contribution in [2.75, 3.05) is 5.01 Å². The van der Waals surface area contributed by atoms with Gasteiger partial charge in [0.1, 0.15) is 5.60 Å². The third-order valence-corrected chi connectivity index (χ3v) is 5.28. The van der Waals surface area contributed by atoms with Gasteiger partial charge in [0.05, 0.1) is 5.69 Å². The normalized spacial score (nSPS) is 11.3. The molecule has 0 saturated carbocycles. The highest BCUT2D eigenvalue weighted by Gasteiger charge is 2.36. The molecule has 0 aliphatic carbocycles. The minimum atomic E-state index is -1.44. The molecular weight excluding hydrogens is 364 g/mol. The molecule has 0 aliphatic rings. The minimum Gasteiger partial charge on any atom is -0.380 e. The lowest BCUT2D eigenvalue weighted by Crippen LogP contribution is -2.55. The number of rotatable bonds is 14. The number of unbranched alkanes of at least 4 members (excludes halogenated alkanes) is 6. The zero-order chi connectivity index (χ0) is 21.5. The van der Waals surface area contributed by atoms with Crippen molar-refractivity contribution in [3.05, 3.63) is 30.3 Å². The van der Waals surface area contributed by atoms with E-state index in [1.807, 2.05) is 32.0 Å². The lowest BCUT2D eigenvalue weighted by atomic mass is 9.90. The van der Waals surface area contributed by atoms with E-state index in [4.69, 9.17) is 0 Å². The third kappa shape index (κ3) is 8.99. The average Bonchev–Trinajstić information content (AvgIpc) is 2.74. The van der Waals surface area contributed by atoms with Crippen molar-refractivity contribution < 1.29 is 14.7 Å². The first kappa shape index (κ1) is 25.2. The Morgan fingerprint density at radius 1 is 0.862 bits per heavy atom. The summed E-state index contributed by atoms with van der Waals surface area (Å²) >= 11 is 0. The van der Waals surface area contributed by atoms with E-state index < -0.39 is 11.5 Å². The molecule has 1 aromatic carbocycles. The van der Waals surface area contributed by atoms with Crippen molar-refractivity contribution in [2.45, 2.75) is 103 Å². The second kappa shape index (κ2) is 14.2. The van der Waals surface area contributed by atoms with Crippen LogP contribution in [0.1, 0.15) is 97.8 Å². The highest BCUT2D eigenvalue weighted by Crippen LogP contribution is 2.23. The van der Waals surface area contributed by atoms with Crippen LogP contribution in [-0.4, -0.2) is 22.5 Å². The zero-order valence-electron chi connectivity index (χ0n) is 18.6. The third-order valence-electron chi connectivity index (χ3n) is 5.28. The molecule has 0 spiro atoms. The molecule has 0 radical (unpaired) electrons. The Labute approximate surface area is 176 Å². The molecule has 164 valence electrons. The lowest BCUT2D eigenvalue weighted by molar-refractivity contribution is -0.143. The Morgan fingerprint density at radius 2 is 1.41 bits per heavy atom. The first-order valence-corrected chi connectivity index (χ1v) is 11.4. The van der Waals surface area contributed by atoms with Crippen molar-refractivity contribution in [3.63, 3.8) is 0 Å². The van der Waals surface area contributed by atoms with Gasteiger partial charge < -0.3 is 5.11 Å². The summed E-state index contributed by atoms with van der Waals surface area (Å²) in [5.74, 6) is -0.628. The largest absolute Gasteiger partial charge is 0.380 e. The van der Waals surface area contributed by atoms with Crippen LogP contribution < -0.4 is 10.4 Å². The van der Waals surface area contributed by atoms with Crippen molar-refractivity contribution in [1.29, 1.82) is 0 Å². The summed E-state index contributed by atoms with van der Waals surface area (Å²) in [6, 6.07) is 9.14. The standard InChI is InChI=1S/C24H40N2O3/c1-4-7-10-11-15-18-22(27)26(21-16-13-12-14-17-21)25-23(28)24(29,19-8-5-2)20-9-6-3/h12-14,16-17,29H,4-11,15,18-20H2,1-3H3,(H,25,28). The monoisotopic (exact) mass is 404 g/mol. The number of anilines is 1. The second-order valence-corrected chi connectivity index (χ2v) is 7.91. The van der Waals surface area contributed by atoms with Crippen LogP contribution in [0, 0.1) is 0 Å². The van der Waals surface area contributed by atoms with Gasteiger partial charge >= 0.3 is 0 Å². The van der Waals surface area contributed by atoms with Crippen LogP contribution in [0.4, 0.5) is 5.69 Å². The summed E-state index contributed by atoms with van der Waals surface area (Å²) < 4.78 is 0. The van der Waals surface area contributed by atoms with Crippen molar-refractivity contribution in [3.8, 4) is 0 Å². The SMILES string of the molecule is CCCCCCCC(=O)N(NC(=O)C(O)(CCCC)CCCC)c1ccccc1. The van der Waals surface area contributed by atoms with Gasteiger partial charge in [0.2, 0.25) is 5.91 Å². The van der Waals surface area contributed by atoms with Crippen molar-refractivity contribution in [1.82, 2.24) is 5.43 Å². The van der Waals surface area contributed by atoms with Crippen molar-refractivity contribution in [2.24, 2.45) is 0 Å². The number of carbonyl (C=O) groups excluding carboxylic acids is 2. The Kier molecular flexibility index (Phi) is 12.3. The highest BCUT2D eigenvalue weighted by molar-refractivity contribution is 5.98. The van der Waals surface area contributed by atoms with Crippen LogP contribution in [0.2, 0.25) is 0 Å². The average molecular weight is 405 g/mol. The maximum atomic E-state index is 13.0. The summed E-state index contributed by atoms with van der Waals surface area (Å²) in [5, 5.41) is 12.4. The van der Waals surface area contributed by atoms with E-state index in [0.29, 0.717) is 24.9 Å². The van der Waals surface area contributed by atoms with Crippen LogP contribution in [0.3, 0.4) is 0 Å². The van der Waals surface area contributed by atoms with Gasteiger partial charge in [-0.3, -0.25) is 15.0 Å². The van der Waals surface area contributed by atoms with Crippen molar-refractivity contribution >= 4 is 17.5 Å². The van der Waals surface area contributed by atoms with E-state index in [0.717, 1.165) is 51.4 Å². The summed E-state index contributed by atoms with van der Waals surface area (Å²) in [4.78, 5) is 25.9. The minimum absolute atomic E-state index is 0.144. The van der Waals surface area contributed by atoms with Crippen LogP contribution in [0.25, 0.3) is 0 Å². The van der Waals surface area contributed by atoms with Gasteiger partial charge in [0.15, 0.2) is 0 Å². The summed E-state index contributed by atoms with van der Waals surface area (Å²) in [6.45, 7) is 6.24. The molecular formula is C24H40N2O3.